The van der Waals surface area contributed by atoms with Crippen molar-refractivity contribution in [1.82, 2.24) is 5.32 Å². The molecule has 0 aliphatic carbocycles. The molecule has 1 atom stereocenters. The molecule has 0 saturated carbocycles. The minimum absolute atomic E-state index is 0.180. The molecule has 0 bridgehead atoms. The normalized spacial score (nSPS) is 15.0. The Balaban J connectivity index is 6.03. The van der Waals surface area contributed by atoms with Gasteiger partial charge in [0, 0.05) is 12.1 Å². The van der Waals surface area contributed by atoms with Crippen LogP contribution in [0.25, 0.3) is 0 Å². The maximum absolute atomic E-state index is 13.5. The van der Waals surface area contributed by atoms with Gasteiger partial charge in [0.25, 0.3) is 0 Å². The van der Waals surface area contributed by atoms with Crippen molar-refractivity contribution in [2.24, 2.45) is 0 Å². The number of esters is 1. The quantitative estimate of drug-likeness (QED) is 0.140. The average molecular weight is 426 g/mol. The van der Waals surface area contributed by atoms with E-state index < -0.39 is 51.4 Å². The average Bonchev–Trinajstić information content (AvgIpc) is 2.48. The number of unbranched alkanes of at least 4 members (excludes halogenated alkanes) is 1. The molecule has 1 amide bonds. The fourth-order valence-corrected chi connectivity index (χ4v) is 1.58. The van der Waals surface area contributed by atoms with E-state index in [4.69, 9.17) is 0 Å². The Labute approximate surface area is 151 Å². The number of alkyl halides is 5. The molecular weight excluding hydrogens is 409 g/mol. The molecule has 0 aromatic heterocycles. The SMILES string of the molecule is C=C(C)C(=O)OC(OCC(F)(F)S(=O)(=O)[O-])(C(=O)NCCCC)C(F)(F)F. The summed E-state index contributed by atoms with van der Waals surface area (Å²) in [5.41, 5.74) is -0.642. The molecule has 1 N–H and O–H groups in total. The van der Waals surface area contributed by atoms with E-state index in [1.165, 1.54) is 0 Å². The van der Waals surface area contributed by atoms with E-state index >= 15 is 0 Å². The van der Waals surface area contributed by atoms with Crippen LogP contribution in [-0.4, -0.2) is 55.2 Å². The van der Waals surface area contributed by atoms with Gasteiger partial charge in [-0.2, -0.15) is 22.0 Å². The molecule has 0 fully saturated rings. The van der Waals surface area contributed by atoms with E-state index in [0.29, 0.717) is 6.42 Å². The van der Waals surface area contributed by atoms with Gasteiger partial charge in [-0.05, 0) is 13.3 Å². The van der Waals surface area contributed by atoms with E-state index in [2.05, 4.69) is 16.1 Å². The highest BCUT2D eigenvalue weighted by atomic mass is 32.2. The lowest BCUT2D eigenvalue weighted by atomic mass is 10.2. The van der Waals surface area contributed by atoms with Crippen LogP contribution >= 0.6 is 0 Å². The van der Waals surface area contributed by atoms with Crippen molar-refractivity contribution in [3.63, 3.8) is 0 Å². The highest BCUT2D eigenvalue weighted by Gasteiger charge is 2.67. The van der Waals surface area contributed by atoms with Gasteiger partial charge in [-0.1, -0.05) is 19.9 Å². The number of ether oxygens (including phenoxy) is 2. The molecule has 1 unspecified atom stereocenters. The molecular formula is C13H17F5NO7S-. The monoisotopic (exact) mass is 426 g/mol. The molecule has 0 aliphatic heterocycles. The lowest BCUT2D eigenvalue weighted by Gasteiger charge is -2.34. The van der Waals surface area contributed by atoms with Gasteiger partial charge in [-0.3, -0.25) is 4.79 Å². The molecule has 0 rings (SSSR count). The van der Waals surface area contributed by atoms with Gasteiger partial charge in [0.2, 0.25) is 0 Å². The molecule has 0 saturated heterocycles. The minimum atomic E-state index is -6.43. The summed E-state index contributed by atoms with van der Waals surface area (Å²) in [6.45, 7) is 2.45. The van der Waals surface area contributed by atoms with Crippen LogP contribution in [0.15, 0.2) is 12.2 Å². The lowest BCUT2D eigenvalue weighted by molar-refractivity contribution is -0.352. The number of rotatable bonds is 10. The van der Waals surface area contributed by atoms with Gasteiger partial charge in [0.1, 0.15) is 6.61 Å². The van der Waals surface area contributed by atoms with Gasteiger partial charge >= 0.3 is 29.1 Å². The topological polar surface area (TPSA) is 122 Å². The van der Waals surface area contributed by atoms with Crippen LogP contribution in [0.2, 0.25) is 0 Å². The van der Waals surface area contributed by atoms with Gasteiger partial charge in [0.15, 0.2) is 10.1 Å². The summed E-state index contributed by atoms with van der Waals surface area (Å²) in [7, 11) is -6.43. The summed E-state index contributed by atoms with van der Waals surface area (Å²) in [5.74, 6) is -8.63. The van der Waals surface area contributed by atoms with Crippen molar-refractivity contribution >= 4 is 22.0 Å². The Hall–Kier alpha value is -1.80. The minimum Gasteiger partial charge on any atom is -0.743 e. The molecule has 0 heterocycles. The zero-order valence-electron chi connectivity index (χ0n) is 14.2. The van der Waals surface area contributed by atoms with Crippen LogP contribution in [0.4, 0.5) is 22.0 Å². The number of amides is 1. The van der Waals surface area contributed by atoms with Crippen LogP contribution in [0.3, 0.4) is 0 Å². The van der Waals surface area contributed by atoms with Gasteiger partial charge in [-0.25, -0.2) is 13.2 Å². The van der Waals surface area contributed by atoms with Crippen molar-refractivity contribution in [3.05, 3.63) is 12.2 Å². The summed E-state index contributed by atoms with van der Waals surface area (Å²) in [4.78, 5) is 23.5. The predicted molar refractivity (Wildman–Crippen MR) is 78.2 cm³/mol. The number of carbonyl (C=O) groups excluding carboxylic acids is 2. The number of nitrogens with one attached hydrogen (secondary N) is 1. The predicted octanol–water partition coefficient (Wildman–Crippen LogP) is 1.44. The van der Waals surface area contributed by atoms with E-state index in [0.717, 1.165) is 6.92 Å². The highest BCUT2D eigenvalue weighted by Crippen LogP contribution is 2.37. The number of hydrogen-bond acceptors (Lipinski definition) is 7. The van der Waals surface area contributed by atoms with E-state index in [-0.39, 0.29) is 13.0 Å². The van der Waals surface area contributed by atoms with Crippen molar-refractivity contribution in [1.29, 1.82) is 0 Å². The Morgan fingerprint density at radius 3 is 2.07 bits per heavy atom. The number of carbonyl (C=O) groups is 2. The Morgan fingerprint density at radius 2 is 1.70 bits per heavy atom. The molecule has 0 aromatic carbocycles. The van der Waals surface area contributed by atoms with Crippen LogP contribution in [0, 0.1) is 0 Å². The molecule has 0 aliphatic rings. The maximum Gasteiger partial charge on any atom is 0.466 e. The molecule has 0 radical (unpaired) electrons. The van der Waals surface area contributed by atoms with Crippen molar-refractivity contribution < 1.29 is 54.0 Å². The third-order valence-corrected chi connectivity index (χ3v) is 3.73. The standard InChI is InChI=1S/C13H18F5NO7S/c1-4-5-6-19-10(21)12(13(16,17)18,26-9(20)8(2)3)25-7-11(14,15)27(22,23)24/h2,4-7H2,1,3H3,(H,19,21)(H,22,23,24)/p-1. The fourth-order valence-electron chi connectivity index (χ4n) is 1.38. The smallest absolute Gasteiger partial charge is 0.466 e. The second kappa shape index (κ2) is 8.93. The number of halogens is 5. The Kier molecular flexibility index (Phi) is 8.33. The maximum atomic E-state index is 13.5. The van der Waals surface area contributed by atoms with Crippen molar-refractivity contribution in [2.45, 2.75) is 43.9 Å². The zero-order valence-corrected chi connectivity index (χ0v) is 15.0. The van der Waals surface area contributed by atoms with E-state index in [9.17, 15) is 44.5 Å². The first-order chi connectivity index (χ1) is 12.0. The fraction of sp³-hybridized carbons (Fsp3) is 0.692. The lowest BCUT2D eigenvalue weighted by Crippen LogP contribution is -2.62. The molecule has 8 nitrogen and oxygen atoms in total. The first-order valence-electron chi connectivity index (χ1n) is 7.23. The van der Waals surface area contributed by atoms with Crippen molar-refractivity contribution in [3.8, 4) is 0 Å². The van der Waals surface area contributed by atoms with Crippen LogP contribution in [0.1, 0.15) is 26.7 Å². The van der Waals surface area contributed by atoms with E-state index in [1.54, 1.807) is 12.2 Å². The Morgan fingerprint density at radius 1 is 1.19 bits per heavy atom. The molecule has 0 aromatic rings. The summed E-state index contributed by atoms with van der Waals surface area (Å²) in [6, 6.07) is 0. The van der Waals surface area contributed by atoms with E-state index in [1.807, 2.05) is 0 Å². The molecule has 27 heavy (non-hydrogen) atoms. The number of hydrogen-bond donors (Lipinski definition) is 1. The van der Waals surface area contributed by atoms with Gasteiger partial charge in [-0.15, -0.1) is 0 Å². The third-order valence-electron chi connectivity index (χ3n) is 2.88. The summed E-state index contributed by atoms with van der Waals surface area (Å²) >= 11 is 0. The summed E-state index contributed by atoms with van der Waals surface area (Å²) in [6.07, 6.45) is -5.30. The van der Waals surface area contributed by atoms with Crippen LogP contribution < -0.4 is 5.32 Å². The van der Waals surface area contributed by atoms with Gasteiger partial charge < -0.3 is 19.3 Å². The first-order valence-corrected chi connectivity index (χ1v) is 8.63. The summed E-state index contributed by atoms with van der Waals surface area (Å²) < 4.78 is 106. The van der Waals surface area contributed by atoms with Crippen LogP contribution in [0.5, 0.6) is 0 Å². The highest BCUT2D eigenvalue weighted by molar-refractivity contribution is 7.86. The van der Waals surface area contributed by atoms with Gasteiger partial charge in [0.05, 0.1) is 0 Å². The Bertz CT molecular complexity index is 677. The zero-order chi connectivity index (χ0) is 21.7. The second-order valence-corrected chi connectivity index (χ2v) is 6.78. The summed E-state index contributed by atoms with van der Waals surface area (Å²) in [5, 5.41) is -3.64. The van der Waals surface area contributed by atoms with Crippen molar-refractivity contribution in [2.75, 3.05) is 13.2 Å². The largest absolute Gasteiger partial charge is 0.743 e. The third kappa shape index (κ3) is 6.39. The first kappa shape index (κ1) is 25.2. The second-order valence-electron chi connectivity index (χ2n) is 5.27. The van der Waals surface area contributed by atoms with Crippen LogP contribution in [-0.2, 0) is 29.2 Å². The molecule has 14 heteroatoms. The molecule has 158 valence electrons. The molecule has 0 spiro atoms.